The Morgan fingerprint density at radius 1 is 1.50 bits per heavy atom. The molecule has 0 N–H and O–H groups in total. The number of benzene rings is 1. The maximum Gasteiger partial charge on any atom is 0.154 e. The standard InChI is InChI=1S/C11H10O2S/c1-7-5-8-3-4-14-11(8)10(13-2)9(7)6-12/h3-6H,1-2H3. The highest BCUT2D eigenvalue weighted by atomic mass is 32.1. The van der Waals surface area contributed by atoms with Crippen molar-refractivity contribution in [2.75, 3.05) is 7.11 Å². The van der Waals surface area contributed by atoms with Crippen molar-refractivity contribution in [2.24, 2.45) is 0 Å². The Labute approximate surface area is 86.1 Å². The predicted molar refractivity (Wildman–Crippen MR) is 58.5 cm³/mol. The summed E-state index contributed by atoms with van der Waals surface area (Å²) in [6.45, 7) is 1.92. The molecule has 0 amide bonds. The van der Waals surface area contributed by atoms with Crippen molar-refractivity contribution in [3.8, 4) is 5.75 Å². The van der Waals surface area contributed by atoms with E-state index in [1.165, 1.54) is 0 Å². The van der Waals surface area contributed by atoms with E-state index in [4.69, 9.17) is 4.74 Å². The van der Waals surface area contributed by atoms with Gasteiger partial charge in [0.15, 0.2) is 6.29 Å². The molecule has 0 spiro atoms. The van der Waals surface area contributed by atoms with Crippen LogP contribution < -0.4 is 4.74 Å². The highest BCUT2D eigenvalue weighted by Gasteiger charge is 2.11. The molecule has 2 aromatic rings. The van der Waals surface area contributed by atoms with E-state index in [0.717, 1.165) is 21.9 Å². The Hall–Kier alpha value is -1.35. The fraction of sp³-hybridized carbons (Fsp3) is 0.182. The fourth-order valence-corrected chi connectivity index (χ4v) is 2.49. The Kier molecular flexibility index (Phi) is 2.25. The molecule has 0 bridgehead atoms. The Morgan fingerprint density at radius 2 is 2.29 bits per heavy atom. The van der Waals surface area contributed by atoms with Crippen molar-refractivity contribution in [3.63, 3.8) is 0 Å². The van der Waals surface area contributed by atoms with Gasteiger partial charge in [-0.1, -0.05) is 0 Å². The molecule has 0 fully saturated rings. The quantitative estimate of drug-likeness (QED) is 0.706. The number of aldehydes is 1. The Morgan fingerprint density at radius 3 is 2.93 bits per heavy atom. The third-order valence-corrected chi connectivity index (χ3v) is 3.19. The molecular weight excluding hydrogens is 196 g/mol. The molecule has 0 aliphatic rings. The summed E-state index contributed by atoms with van der Waals surface area (Å²) in [5.74, 6) is 0.699. The first-order valence-electron chi connectivity index (χ1n) is 4.28. The molecule has 0 radical (unpaired) electrons. The van der Waals surface area contributed by atoms with Gasteiger partial charge in [0.05, 0.1) is 17.4 Å². The minimum atomic E-state index is 0.655. The zero-order valence-electron chi connectivity index (χ0n) is 8.03. The number of carbonyl (C=O) groups is 1. The van der Waals surface area contributed by atoms with E-state index in [9.17, 15) is 4.79 Å². The molecule has 2 rings (SSSR count). The molecule has 0 aliphatic heterocycles. The number of hydrogen-bond donors (Lipinski definition) is 0. The molecule has 0 atom stereocenters. The minimum Gasteiger partial charge on any atom is -0.494 e. The van der Waals surface area contributed by atoms with Gasteiger partial charge in [0.2, 0.25) is 0 Å². The first-order chi connectivity index (χ1) is 6.77. The second-order valence-electron chi connectivity index (χ2n) is 3.10. The summed E-state index contributed by atoms with van der Waals surface area (Å²) in [6.07, 6.45) is 0.854. The number of fused-ring (bicyclic) bond motifs is 1. The van der Waals surface area contributed by atoms with E-state index in [-0.39, 0.29) is 0 Å². The minimum absolute atomic E-state index is 0.655. The smallest absolute Gasteiger partial charge is 0.154 e. The van der Waals surface area contributed by atoms with Crippen molar-refractivity contribution in [1.29, 1.82) is 0 Å². The molecular formula is C11H10O2S. The van der Waals surface area contributed by atoms with Crippen molar-refractivity contribution >= 4 is 27.7 Å². The van der Waals surface area contributed by atoms with E-state index < -0.39 is 0 Å². The van der Waals surface area contributed by atoms with Gasteiger partial charge in [-0.3, -0.25) is 4.79 Å². The lowest BCUT2D eigenvalue weighted by Crippen LogP contribution is -1.93. The lowest BCUT2D eigenvalue weighted by Gasteiger charge is -2.07. The van der Waals surface area contributed by atoms with E-state index in [2.05, 4.69) is 0 Å². The normalized spacial score (nSPS) is 10.4. The van der Waals surface area contributed by atoms with E-state index >= 15 is 0 Å². The zero-order chi connectivity index (χ0) is 10.1. The first-order valence-corrected chi connectivity index (χ1v) is 5.16. The van der Waals surface area contributed by atoms with Gasteiger partial charge in [0.25, 0.3) is 0 Å². The number of carbonyl (C=O) groups excluding carboxylic acids is 1. The summed E-state index contributed by atoms with van der Waals surface area (Å²) >= 11 is 1.59. The van der Waals surface area contributed by atoms with Crippen molar-refractivity contribution in [3.05, 3.63) is 28.6 Å². The summed E-state index contributed by atoms with van der Waals surface area (Å²) < 4.78 is 6.31. The number of ether oxygens (including phenoxy) is 1. The zero-order valence-corrected chi connectivity index (χ0v) is 8.85. The van der Waals surface area contributed by atoms with Gasteiger partial charge in [-0.25, -0.2) is 0 Å². The van der Waals surface area contributed by atoms with Gasteiger partial charge in [-0.15, -0.1) is 11.3 Å². The van der Waals surface area contributed by atoms with Crippen LogP contribution in [-0.2, 0) is 0 Å². The van der Waals surface area contributed by atoms with Crippen LogP contribution in [0.25, 0.3) is 10.1 Å². The first kappa shape index (κ1) is 9.21. The summed E-state index contributed by atoms with van der Waals surface area (Å²) in [4.78, 5) is 10.9. The predicted octanol–water partition coefficient (Wildman–Crippen LogP) is 3.03. The Balaban J connectivity index is 2.88. The van der Waals surface area contributed by atoms with E-state index in [1.807, 2.05) is 24.4 Å². The molecule has 3 heteroatoms. The molecule has 0 unspecified atom stereocenters. The van der Waals surface area contributed by atoms with E-state index in [1.54, 1.807) is 18.4 Å². The average Bonchev–Trinajstić information content (AvgIpc) is 2.62. The molecule has 0 saturated heterocycles. The monoisotopic (exact) mass is 206 g/mol. The second-order valence-corrected chi connectivity index (χ2v) is 4.01. The van der Waals surface area contributed by atoms with Crippen LogP contribution in [0.15, 0.2) is 17.5 Å². The number of rotatable bonds is 2. The highest BCUT2D eigenvalue weighted by molar-refractivity contribution is 7.17. The van der Waals surface area contributed by atoms with Crippen LogP contribution in [0, 0.1) is 6.92 Å². The molecule has 1 aromatic heterocycles. The van der Waals surface area contributed by atoms with Crippen LogP contribution in [0.5, 0.6) is 5.75 Å². The molecule has 0 aliphatic carbocycles. The molecule has 0 saturated carbocycles. The third kappa shape index (κ3) is 1.21. The number of aryl methyl sites for hydroxylation is 1. The number of hydrogen-bond acceptors (Lipinski definition) is 3. The van der Waals surface area contributed by atoms with Crippen molar-refractivity contribution in [2.45, 2.75) is 6.92 Å². The number of thiophene rings is 1. The van der Waals surface area contributed by atoms with Crippen molar-refractivity contribution < 1.29 is 9.53 Å². The van der Waals surface area contributed by atoms with Gasteiger partial charge >= 0.3 is 0 Å². The summed E-state index contributed by atoms with van der Waals surface area (Å²) in [6, 6.07) is 4.04. The van der Waals surface area contributed by atoms with Crippen LogP contribution in [0.4, 0.5) is 0 Å². The average molecular weight is 206 g/mol. The maximum absolute atomic E-state index is 10.9. The summed E-state index contributed by atoms with van der Waals surface area (Å²) in [5.41, 5.74) is 1.62. The van der Waals surface area contributed by atoms with Crippen LogP contribution >= 0.6 is 11.3 Å². The topological polar surface area (TPSA) is 26.3 Å². The highest BCUT2D eigenvalue weighted by Crippen LogP contribution is 2.35. The Bertz CT molecular complexity index is 485. The maximum atomic E-state index is 10.9. The van der Waals surface area contributed by atoms with Crippen LogP contribution in [-0.4, -0.2) is 13.4 Å². The van der Waals surface area contributed by atoms with Gasteiger partial charge < -0.3 is 4.74 Å². The molecule has 14 heavy (non-hydrogen) atoms. The van der Waals surface area contributed by atoms with E-state index in [0.29, 0.717) is 11.3 Å². The van der Waals surface area contributed by atoms with Gasteiger partial charge in [0, 0.05) is 0 Å². The lowest BCUT2D eigenvalue weighted by atomic mass is 10.1. The summed E-state index contributed by atoms with van der Waals surface area (Å²) in [7, 11) is 1.60. The summed E-state index contributed by atoms with van der Waals surface area (Å²) in [5, 5.41) is 3.14. The molecule has 1 aromatic carbocycles. The lowest BCUT2D eigenvalue weighted by molar-refractivity contribution is 0.112. The molecule has 2 nitrogen and oxygen atoms in total. The van der Waals surface area contributed by atoms with Gasteiger partial charge in [-0.2, -0.15) is 0 Å². The number of methoxy groups -OCH3 is 1. The van der Waals surface area contributed by atoms with Crippen LogP contribution in [0.3, 0.4) is 0 Å². The molecule has 1 heterocycles. The van der Waals surface area contributed by atoms with Crippen LogP contribution in [0.1, 0.15) is 15.9 Å². The van der Waals surface area contributed by atoms with Crippen molar-refractivity contribution in [1.82, 2.24) is 0 Å². The fourth-order valence-electron chi connectivity index (χ4n) is 1.58. The molecule has 72 valence electrons. The SMILES string of the molecule is COc1c(C=O)c(C)cc2ccsc12. The third-order valence-electron chi connectivity index (χ3n) is 2.27. The van der Waals surface area contributed by atoms with Gasteiger partial charge in [-0.05, 0) is 35.4 Å². The van der Waals surface area contributed by atoms with Crippen LogP contribution in [0.2, 0.25) is 0 Å². The largest absolute Gasteiger partial charge is 0.494 e. The second kappa shape index (κ2) is 3.42. The van der Waals surface area contributed by atoms with Gasteiger partial charge in [0.1, 0.15) is 5.75 Å².